The number of nitrogens with zero attached hydrogens (tertiary/aromatic N) is 2. The molecule has 0 aliphatic rings. The van der Waals surface area contributed by atoms with Gasteiger partial charge in [-0.1, -0.05) is 23.7 Å². The molecule has 0 unspecified atom stereocenters. The summed E-state index contributed by atoms with van der Waals surface area (Å²) in [5.74, 6) is -0.162. The molecule has 0 bridgehead atoms. The number of halogens is 1. The number of hydrogen-bond donors (Lipinski definition) is 1. The molecule has 1 amide bonds. The van der Waals surface area contributed by atoms with Crippen LogP contribution in [0.2, 0.25) is 5.15 Å². The molecule has 4 nitrogen and oxygen atoms in total. The van der Waals surface area contributed by atoms with Crippen molar-refractivity contribution < 1.29 is 4.79 Å². The van der Waals surface area contributed by atoms with Gasteiger partial charge in [0.2, 0.25) is 5.91 Å². The van der Waals surface area contributed by atoms with Crippen LogP contribution in [0.3, 0.4) is 0 Å². The van der Waals surface area contributed by atoms with E-state index in [9.17, 15) is 4.79 Å². The van der Waals surface area contributed by atoms with E-state index in [0.29, 0.717) is 17.4 Å². The number of imidazole rings is 1. The Morgan fingerprint density at radius 2 is 2.29 bits per heavy atom. The third-order valence-electron chi connectivity index (χ3n) is 2.93. The summed E-state index contributed by atoms with van der Waals surface area (Å²) in [6.45, 7) is 0.529. The Hall–Kier alpha value is -2.11. The maximum atomic E-state index is 11.8. The molecule has 0 fully saturated rings. The molecule has 3 heterocycles. The van der Waals surface area contributed by atoms with Gasteiger partial charge < -0.3 is 5.32 Å². The second-order valence-electron chi connectivity index (χ2n) is 4.35. The second-order valence-corrected chi connectivity index (χ2v) is 5.74. The van der Waals surface area contributed by atoms with Gasteiger partial charge in [-0.05, 0) is 29.7 Å². The highest BCUT2D eigenvalue weighted by molar-refractivity contribution is 7.09. The van der Waals surface area contributed by atoms with Crippen molar-refractivity contribution in [3.63, 3.8) is 0 Å². The summed E-state index contributed by atoms with van der Waals surface area (Å²) < 4.78 is 1.84. The van der Waals surface area contributed by atoms with Crippen LogP contribution in [0.5, 0.6) is 0 Å². The number of fused-ring (bicyclic) bond motifs is 1. The predicted molar refractivity (Wildman–Crippen MR) is 85.4 cm³/mol. The van der Waals surface area contributed by atoms with Crippen molar-refractivity contribution in [3.8, 4) is 0 Å². The van der Waals surface area contributed by atoms with Crippen LogP contribution in [-0.4, -0.2) is 15.3 Å². The van der Waals surface area contributed by atoms with Gasteiger partial charge in [0.25, 0.3) is 0 Å². The molecule has 0 radical (unpaired) electrons. The van der Waals surface area contributed by atoms with E-state index < -0.39 is 0 Å². The van der Waals surface area contributed by atoms with E-state index in [2.05, 4.69) is 10.3 Å². The number of hydrogen-bond acceptors (Lipinski definition) is 3. The van der Waals surface area contributed by atoms with Crippen molar-refractivity contribution in [2.75, 3.05) is 0 Å². The molecule has 3 rings (SSSR count). The van der Waals surface area contributed by atoms with Crippen LogP contribution >= 0.6 is 22.9 Å². The zero-order valence-electron chi connectivity index (χ0n) is 11.0. The summed E-state index contributed by atoms with van der Waals surface area (Å²) in [6, 6.07) is 9.58. The van der Waals surface area contributed by atoms with E-state index in [1.807, 2.05) is 46.3 Å². The van der Waals surface area contributed by atoms with Crippen molar-refractivity contribution in [1.82, 2.24) is 14.7 Å². The first kappa shape index (κ1) is 13.9. The van der Waals surface area contributed by atoms with Crippen LogP contribution in [0.4, 0.5) is 0 Å². The number of carbonyl (C=O) groups is 1. The third kappa shape index (κ3) is 3.15. The Morgan fingerprint density at radius 3 is 3.10 bits per heavy atom. The number of amides is 1. The van der Waals surface area contributed by atoms with Gasteiger partial charge >= 0.3 is 0 Å². The lowest BCUT2D eigenvalue weighted by molar-refractivity contribution is -0.116. The first-order chi connectivity index (χ1) is 10.2. The topological polar surface area (TPSA) is 46.4 Å². The van der Waals surface area contributed by atoms with E-state index in [-0.39, 0.29) is 5.91 Å². The summed E-state index contributed by atoms with van der Waals surface area (Å²) in [6.07, 6.45) is 5.00. The third-order valence-corrected chi connectivity index (χ3v) is 4.09. The fourth-order valence-electron chi connectivity index (χ4n) is 1.94. The standard InChI is InChI=1S/C15H12ClN3OS/c16-15-12(19-8-2-1-5-13(19)18-15)6-7-14(20)17-10-11-4-3-9-21-11/h1-9H,10H2,(H,17,20)/b7-6+. The highest BCUT2D eigenvalue weighted by Gasteiger charge is 2.07. The van der Waals surface area contributed by atoms with Crippen LogP contribution in [0.1, 0.15) is 10.6 Å². The summed E-state index contributed by atoms with van der Waals surface area (Å²) in [4.78, 5) is 17.2. The number of thiophene rings is 1. The molecule has 0 aromatic carbocycles. The van der Waals surface area contributed by atoms with Gasteiger partial charge in [-0.15, -0.1) is 11.3 Å². The highest BCUT2D eigenvalue weighted by atomic mass is 35.5. The van der Waals surface area contributed by atoms with Crippen LogP contribution < -0.4 is 5.32 Å². The molecule has 0 saturated carbocycles. The van der Waals surface area contributed by atoms with Crippen molar-refractivity contribution in [2.45, 2.75) is 6.54 Å². The molecule has 0 saturated heterocycles. The van der Waals surface area contributed by atoms with E-state index in [0.717, 1.165) is 10.5 Å². The minimum Gasteiger partial charge on any atom is -0.348 e. The number of carbonyl (C=O) groups excluding carboxylic acids is 1. The van der Waals surface area contributed by atoms with Crippen molar-refractivity contribution in [3.05, 3.63) is 63.7 Å². The summed E-state index contributed by atoms with van der Waals surface area (Å²) in [5, 5.41) is 5.19. The number of nitrogens with one attached hydrogen (secondary N) is 1. The summed E-state index contributed by atoms with van der Waals surface area (Å²) >= 11 is 7.71. The molecule has 0 aliphatic carbocycles. The number of rotatable bonds is 4. The fraction of sp³-hybridized carbons (Fsp3) is 0.0667. The lowest BCUT2D eigenvalue weighted by Gasteiger charge is -1.99. The molecule has 3 aromatic heterocycles. The zero-order valence-corrected chi connectivity index (χ0v) is 12.6. The maximum absolute atomic E-state index is 11.8. The Morgan fingerprint density at radius 1 is 1.38 bits per heavy atom. The van der Waals surface area contributed by atoms with E-state index in [1.165, 1.54) is 6.08 Å². The van der Waals surface area contributed by atoms with Crippen molar-refractivity contribution in [1.29, 1.82) is 0 Å². The molecule has 106 valence electrons. The number of pyridine rings is 1. The number of aromatic nitrogens is 2. The Bertz CT molecular complexity index is 792. The van der Waals surface area contributed by atoms with Gasteiger partial charge in [0.1, 0.15) is 5.65 Å². The normalized spacial score (nSPS) is 11.3. The van der Waals surface area contributed by atoms with Gasteiger partial charge in [0, 0.05) is 17.2 Å². The Balaban J connectivity index is 1.72. The minimum absolute atomic E-state index is 0.162. The maximum Gasteiger partial charge on any atom is 0.244 e. The van der Waals surface area contributed by atoms with Crippen molar-refractivity contribution in [2.24, 2.45) is 0 Å². The summed E-state index contributed by atoms with van der Waals surface area (Å²) in [7, 11) is 0. The molecule has 0 spiro atoms. The molecule has 0 aliphatic heterocycles. The van der Waals surface area contributed by atoms with Gasteiger partial charge in [0.05, 0.1) is 12.2 Å². The van der Waals surface area contributed by atoms with Crippen molar-refractivity contribution >= 4 is 40.6 Å². The molecule has 1 N–H and O–H groups in total. The lowest BCUT2D eigenvalue weighted by Crippen LogP contribution is -2.19. The average molecular weight is 318 g/mol. The van der Waals surface area contributed by atoms with E-state index >= 15 is 0 Å². The fourth-order valence-corrected chi connectivity index (χ4v) is 2.82. The zero-order chi connectivity index (χ0) is 14.7. The molecular weight excluding hydrogens is 306 g/mol. The highest BCUT2D eigenvalue weighted by Crippen LogP contribution is 2.18. The van der Waals surface area contributed by atoms with E-state index in [1.54, 1.807) is 17.4 Å². The second kappa shape index (κ2) is 6.11. The smallest absolute Gasteiger partial charge is 0.244 e. The van der Waals surface area contributed by atoms with Gasteiger partial charge in [-0.2, -0.15) is 0 Å². The molecular formula is C15H12ClN3OS. The Labute approximate surface area is 130 Å². The minimum atomic E-state index is -0.162. The lowest BCUT2D eigenvalue weighted by atomic mass is 10.3. The van der Waals surface area contributed by atoms with Crippen LogP contribution in [0.15, 0.2) is 48.0 Å². The van der Waals surface area contributed by atoms with E-state index in [4.69, 9.17) is 11.6 Å². The molecule has 3 aromatic rings. The molecule has 6 heteroatoms. The Kier molecular flexibility index (Phi) is 4.03. The van der Waals surface area contributed by atoms with Gasteiger partial charge in [-0.3, -0.25) is 9.20 Å². The van der Waals surface area contributed by atoms with Crippen LogP contribution in [-0.2, 0) is 11.3 Å². The largest absolute Gasteiger partial charge is 0.348 e. The molecule has 0 atom stereocenters. The monoisotopic (exact) mass is 317 g/mol. The van der Waals surface area contributed by atoms with Gasteiger partial charge in [0.15, 0.2) is 5.15 Å². The first-order valence-corrected chi connectivity index (χ1v) is 7.60. The predicted octanol–water partition coefficient (Wildman–Crippen LogP) is 3.38. The summed E-state index contributed by atoms with van der Waals surface area (Å²) in [5.41, 5.74) is 1.44. The van der Waals surface area contributed by atoms with Gasteiger partial charge in [-0.25, -0.2) is 4.98 Å². The average Bonchev–Trinajstić information content (AvgIpc) is 3.10. The quantitative estimate of drug-likeness (QED) is 0.750. The SMILES string of the molecule is O=C(/C=C/c1c(Cl)nc2ccccn12)NCc1cccs1. The molecule has 21 heavy (non-hydrogen) atoms. The van der Waals surface area contributed by atoms with Crippen LogP contribution in [0, 0.1) is 0 Å². The van der Waals surface area contributed by atoms with Crippen LogP contribution in [0.25, 0.3) is 11.7 Å². The first-order valence-electron chi connectivity index (χ1n) is 6.35.